The molecule has 0 amide bonds. The van der Waals surface area contributed by atoms with Gasteiger partial charge in [-0.25, -0.2) is 4.79 Å². The van der Waals surface area contributed by atoms with Crippen molar-refractivity contribution < 1.29 is 23.8 Å². The fraction of sp³-hybridized carbons (Fsp3) is 0.172. The number of Topliss-reactive ketones (excluding diaryl/α,β-unsaturated/α-hetero) is 1. The number of carbonyl (C=O) groups is 2. The second kappa shape index (κ2) is 10.00. The first-order chi connectivity index (χ1) is 17.5. The van der Waals surface area contributed by atoms with Gasteiger partial charge in [-0.2, -0.15) is 0 Å². The summed E-state index contributed by atoms with van der Waals surface area (Å²) in [6, 6.07) is 24.0. The van der Waals surface area contributed by atoms with Gasteiger partial charge in [0.15, 0.2) is 5.78 Å². The number of ketones is 1. The number of nitrogens with zero attached hydrogens (tertiary/aromatic N) is 2. The van der Waals surface area contributed by atoms with Crippen LogP contribution < -0.4 is 14.4 Å². The minimum Gasteiger partial charge on any atom is -0.487 e. The fourth-order valence-corrected chi connectivity index (χ4v) is 4.22. The van der Waals surface area contributed by atoms with Crippen LogP contribution in [0.2, 0.25) is 0 Å². The molecule has 2 heterocycles. The van der Waals surface area contributed by atoms with Crippen molar-refractivity contribution in [3.63, 3.8) is 0 Å². The third kappa shape index (κ3) is 4.81. The van der Waals surface area contributed by atoms with E-state index in [4.69, 9.17) is 14.2 Å². The molecule has 0 radical (unpaired) electrons. The Balaban J connectivity index is 1.24. The number of hydrogen-bond donors (Lipinski definition) is 0. The Hall–Kier alpha value is -4.52. The first-order valence-electron chi connectivity index (χ1n) is 11.7. The van der Waals surface area contributed by atoms with Crippen molar-refractivity contribution in [2.75, 3.05) is 25.1 Å². The molecule has 5 rings (SSSR count). The molecular formula is C29H26N2O5. The van der Waals surface area contributed by atoms with Gasteiger partial charge in [0.1, 0.15) is 23.4 Å². The topological polar surface area (TPSA) is 70.0 Å². The quantitative estimate of drug-likeness (QED) is 0.243. The van der Waals surface area contributed by atoms with Gasteiger partial charge in [-0.15, -0.1) is 0 Å². The zero-order chi connectivity index (χ0) is 25.1. The number of methoxy groups -OCH3 is 1. The van der Waals surface area contributed by atoms with Gasteiger partial charge in [-0.05, 0) is 67.6 Å². The van der Waals surface area contributed by atoms with Crippen molar-refractivity contribution in [3.8, 4) is 22.9 Å². The summed E-state index contributed by atoms with van der Waals surface area (Å²) in [4.78, 5) is 26.2. The lowest BCUT2D eigenvalue weighted by atomic mass is 10.1. The van der Waals surface area contributed by atoms with Gasteiger partial charge in [0.25, 0.3) is 0 Å². The summed E-state index contributed by atoms with van der Waals surface area (Å²) in [5.74, 6) is 1.65. The van der Waals surface area contributed by atoms with Crippen molar-refractivity contribution in [1.29, 1.82) is 0 Å². The molecule has 4 aromatic rings. The normalized spacial score (nSPS) is 13.1. The highest BCUT2D eigenvalue weighted by Gasteiger charge is 2.32. The van der Waals surface area contributed by atoms with E-state index in [0.29, 0.717) is 35.7 Å². The molecule has 1 fully saturated rings. The SMILES string of the molecule is COC(=O)c1cccc(N2CC(Oc3ccc(Oc4cccc(C(C)=O)c4)cc3)C2)c1-n1cccc1. The molecule has 0 spiro atoms. The van der Waals surface area contributed by atoms with E-state index < -0.39 is 0 Å². The Labute approximate surface area is 209 Å². The highest BCUT2D eigenvalue weighted by atomic mass is 16.5. The largest absolute Gasteiger partial charge is 0.487 e. The van der Waals surface area contributed by atoms with E-state index in [9.17, 15) is 9.59 Å². The smallest absolute Gasteiger partial charge is 0.340 e. The van der Waals surface area contributed by atoms with Crippen molar-refractivity contribution >= 4 is 17.4 Å². The minimum atomic E-state index is -0.371. The first-order valence-corrected chi connectivity index (χ1v) is 11.7. The molecule has 0 atom stereocenters. The molecule has 0 bridgehead atoms. The second-order valence-electron chi connectivity index (χ2n) is 8.56. The summed E-state index contributed by atoms with van der Waals surface area (Å²) in [6.45, 7) is 2.91. The highest BCUT2D eigenvalue weighted by molar-refractivity contribution is 5.96. The Morgan fingerprint density at radius 3 is 2.22 bits per heavy atom. The predicted octanol–water partition coefficient (Wildman–Crippen LogP) is 5.53. The van der Waals surface area contributed by atoms with Gasteiger partial charge in [-0.3, -0.25) is 4.79 Å². The number of ether oxygens (including phenoxy) is 3. The number of hydrogen-bond acceptors (Lipinski definition) is 6. The van der Waals surface area contributed by atoms with Crippen LogP contribution in [0.25, 0.3) is 5.69 Å². The molecular weight excluding hydrogens is 456 g/mol. The van der Waals surface area contributed by atoms with Crippen molar-refractivity contribution in [1.82, 2.24) is 4.57 Å². The molecule has 0 aliphatic carbocycles. The average Bonchev–Trinajstić information content (AvgIpc) is 3.41. The van der Waals surface area contributed by atoms with E-state index in [-0.39, 0.29) is 17.9 Å². The zero-order valence-corrected chi connectivity index (χ0v) is 20.1. The Morgan fingerprint density at radius 1 is 0.833 bits per heavy atom. The van der Waals surface area contributed by atoms with E-state index in [1.54, 1.807) is 24.3 Å². The van der Waals surface area contributed by atoms with Gasteiger partial charge < -0.3 is 23.7 Å². The molecule has 0 unspecified atom stereocenters. The van der Waals surface area contributed by atoms with Crippen LogP contribution in [0.1, 0.15) is 27.6 Å². The summed E-state index contributed by atoms with van der Waals surface area (Å²) in [7, 11) is 1.39. The summed E-state index contributed by atoms with van der Waals surface area (Å²) < 4.78 is 19.0. The maximum absolute atomic E-state index is 12.4. The van der Waals surface area contributed by atoms with Gasteiger partial charge in [0.05, 0.1) is 37.1 Å². The summed E-state index contributed by atoms with van der Waals surface area (Å²) in [5.41, 5.74) is 2.87. The summed E-state index contributed by atoms with van der Waals surface area (Å²) in [6.07, 6.45) is 3.85. The standard InChI is InChI=1S/C29H26N2O5/c1-20(32)21-7-5-8-24(17-21)35-22-11-13-23(14-12-22)36-25-18-31(19-25)27-10-6-9-26(29(33)34-2)28(27)30-15-3-4-16-30/h3-17,25H,18-19H2,1-2H3. The molecule has 7 heteroatoms. The first kappa shape index (κ1) is 23.2. The van der Waals surface area contributed by atoms with Crippen molar-refractivity contribution in [3.05, 3.63) is 102 Å². The van der Waals surface area contributed by atoms with E-state index >= 15 is 0 Å². The van der Waals surface area contributed by atoms with E-state index in [1.165, 1.54) is 14.0 Å². The van der Waals surface area contributed by atoms with Crippen LogP contribution in [0.4, 0.5) is 5.69 Å². The Bertz CT molecular complexity index is 1370. The molecule has 1 aliphatic heterocycles. The number of benzene rings is 3. The highest BCUT2D eigenvalue weighted by Crippen LogP contribution is 2.33. The Morgan fingerprint density at radius 2 is 1.53 bits per heavy atom. The fourth-order valence-electron chi connectivity index (χ4n) is 4.22. The van der Waals surface area contributed by atoms with Crippen LogP contribution in [0.5, 0.6) is 17.2 Å². The summed E-state index contributed by atoms with van der Waals surface area (Å²) >= 11 is 0. The van der Waals surface area contributed by atoms with Crippen LogP contribution >= 0.6 is 0 Å². The second-order valence-corrected chi connectivity index (χ2v) is 8.56. The molecule has 1 aliphatic rings. The molecule has 7 nitrogen and oxygen atoms in total. The van der Waals surface area contributed by atoms with Crippen molar-refractivity contribution in [2.24, 2.45) is 0 Å². The number of carbonyl (C=O) groups excluding carboxylic acids is 2. The number of anilines is 1. The molecule has 0 saturated carbocycles. The van der Waals surface area contributed by atoms with Crippen LogP contribution in [0, 0.1) is 0 Å². The summed E-state index contributed by atoms with van der Waals surface area (Å²) in [5, 5.41) is 0. The molecule has 0 N–H and O–H groups in total. The maximum Gasteiger partial charge on any atom is 0.340 e. The van der Waals surface area contributed by atoms with E-state index in [0.717, 1.165) is 17.1 Å². The molecule has 1 saturated heterocycles. The van der Waals surface area contributed by atoms with Crippen LogP contribution in [-0.2, 0) is 4.74 Å². The van der Waals surface area contributed by atoms with Gasteiger partial charge >= 0.3 is 5.97 Å². The molecule has 3 aromatic carbocycles. The number of esters is 1. The monoisotopic (exact) mass is 482 g/mol. The van der Waals surface area contributed by atoms with E-state index in [1.807, 2.05) is 71.6 Å². The predicted molar refractivity (Wildman–Crippen MR) is 137 cm³/mol. The van der Waals surface area contributed by atoms with Crippen molar-refractivity contribution in [2.45, 2.75) is 13.0 Å². The average molecular weight is 483 g/mol. The lowest BCUT2D eigenvalue weighted by Crippen LogP contribution is -2.54. The number of rotatable bonds is 8. The lowest BCUT2D eigenvalue weighted by Gasteiger charge is -2.41. The molecule has 1 aromatic heterocycles. The number of para-hydroxylation sites is 1. The third-order valence-electron chi connectivity index (χ3n) is 6.07. The van der Waals surface area contributed by atoms with Crippen LogP contribution in [-0.4, -0.2) is 42.6 Å². The van der Waals surface area contributed by atoms with Gasteiger partial charge in [-0.1, -0.05) is 18.2 Å². The zero-order valence-electron chi connectivity index (χ0n) is 20.1. The van der Waals surface area contributed by atoms with E-state index in [2.05, 4.69) is 4.90 Å². The van der Waals surface area contributed by atoms with Gasteiger partial charge in [0.2, 0.25) is 0 Å². The third-order valence-corrected chi connectivity index (χ3v) is 6.07. The number of aromatic nitrogens is 1. The molecule has 182 valence electrons. The lowest BCUT2D eigenvalue weighted by molar-refractivity contribution is 0.0600. The van der Waals surface area contributed by atoms with Crippen LogP contribution in [0.3, 0.4) is 0 Å². The minimum absolute atomic E-state index is 0.00348. The molecule has 36 heavy (non-hydrogen) atoms. The van der Waals surface area contributed by atoms with Gasteiger partial charge in [0, 0.05) is 18.0 Å². The maximum atomic E-state index is 12.4. The van der Waals surface area contributed by atoms with Crippen LogP contribution in [0.15, 0.2) is 91.3 Å². The Kier molecular flexibility index (Phi) is 6.45.